The van der Waals surface area contributed by atoms with E-state index in [-0.39, 0.29) is 10.9 Å². The number of alkyl halides is 3. The number of amides is 3. The van der Waals surface area contributed by atoms with Crippen LogP contribution in [-0.2, 0) is 12.6 Å². The first-order chi connectivity index (χ1) is 19.2. The van der Waals surface area contributed by atoms with Crippen molar-refractivity contribution in [3.8, 4) is 16.3 Å². The molecule has 4 heterocycles. The molecule has 12 nitrogen and oxygen atoms in total. The summed E-state index contributed by atoms with van der Waals surface area (Å²) in [5, 5.41) is 14.1. The zero-order valence-electron chi connectivity index (χ0n) is 20.0. The highest BCUT2D eigenvalue weighted by atomic mass is 32.1. The van der Waals surface area contributed by atoms with Gasteiger partial charge in [-0.15, -0.1) is 0 Å². The number of carbonyl (C=O) groups excluding carboxylic acids is 2. The predicted molar refractivity (Wildman–Crippen MR) is 135 cm³/mol. The minimum absolute atomic E-state index is 0.0467. The third kappa shape index (κ3) is 6.15. The lowest BCUT2D eigenvalue weighted by Gasteiger charge is -2.11. The number of H-pyrrole nitrogens is 2. The topological polar surface area (TPSA) is 163 Å². The third-order valence-corrected chi connectivity index (χ3v) is 6.26. The Morgan fingerprint density at radius 2 is 1.95 bits per heavy atom. The molecular weight excluding hydrogens is 558 g/mol. The molecule has 5 rings (SSSR count). The molecule has 3 amide bonds. The lowest BCUT2D eigenvalue weighted by molar-refractivity contribution is -0.137. The van der Waals surface area contributed by atoms with Gasteiger partial charge in [0.1, 0.15) is 11.6 Å². The quantitative estimate of drug-likeness (QED) is 0.172. The number of anilines is 2. The average Bonchev–Trinajstić information content (AvgIpc) is 3.67. The van der Waals surface area contributed by atoms with Crippen LogP contribution in [0.4, 0.5) is 38.0 Å². The summed E-state index contributed by atoms with van der Waals surface area (Å²) < 4.78 is 58.2. The number of nitrogens with one attached hydrogen (secondary N) is 5. The summed E-state index contributed by atoms with van der Waals surface area (Å²) in [6.07, 6.45) is 1.09. The molecule has 5 aromatic rings. The first-order valence-corrected chi connectivity index (χ1v) is 12.2. The van der Waals surface area contributed by atoms with Crippen LogP contribution in [0.1, 0.15) is 11.3 Å². The molecule has 1 aromatic carbocycles. The van der Waals surface area contributed by atoms with Crippen LogP contribution in [0.5, 0.6) is 5.75 Å². The molecule has 0 unspecified atom stereocenters. The number of hydrogen-bond acceptors (Lipinski definition) is 8. The van der Waals surface area contributed by atoms with Crippen LogP contribution in [0.25, 0.3) is 21.6 Å². The fourth-order valence-electron chi connectivity index (χ4n) is 3.47. The van der Waals surface area contributed by atoms with Gasteiger partial charge in [0.05, 0.1) is 39.7 Å². The Morgan fingerprint density at radius 3 is 2.73 bits per heavy atom. The fourth-order valence-corrected chi connectivity index (χ4v) is 4.24. The molecule has 4 aromatic heterocycles. The largest absolute Gasteiger partial charge is 0.416 e. The van der Waals surface area contributed by atoms with Crippen molar-refractivity contribution in [1.82, 2.24) is 35.5 Å². The SMILES string of the molecule is O=C(Nc1ncc(-c2cc(OC(=O)NCCc3cnc[nH]3)c3cn[nH]c3n2)s1)Nc1cc(C(F)(F)F)ccc1F. The van der Waals surface area contributed by atoms with Crippen LogP contribution >= 0.6 is 11.3 Å². The van der Waals surface area contributed by atoms with Crippen LogP contribution in [0.15, 0.2) is 49.2 Å². The minimum atomic E-state index is -4.71. The number of fused-ring (bicyclic) bond motifs is 1. The van der Waals surface area contributed by atoms with Crippen molar-refractivity contribution in [3.63, 3.8) is 0 Å². The van der Waals surface area contributed by atoms with Gasteiger partial charge in [-0.25, -0.2) is 28.9 Å². The highest BCUT2D eigenvalue weighted by Crippen LogP contribution is 2.34. The van der Waals surface area contributed by atoms with Gasteiger partial charge >= 0.3 is 18.3 Å². The highest BCUT2D eigenvalue weighted by molar-refractivity contribution is 7.19. The van der Waals surface area contributed by atoms with E-state index in [1.54, 1.807) is 6.20 Å². The first-order valence-electron chi connectivity index (χ1n) is 11.3. The molecule has 40 heavy (non-hydrogen) atoms. The normalized spacial score (nSPS) is 11.4. The smallest absolute Gasteiger partial charge is 0.409 e. The number of nitrogens with zero attached hydrogens (tertiary/aromatic N) is 4. The van der Waals surface area contributed by atoms with Gasteiger partial charge in [0.2, 0.25) is 0 Å². The molecule has 17 heteroatoms. The van der Waals surface area contributed by atoms with Crippen molar-refractivity contribution in [1.29, 1.82) is 0 Å². The van der Waals surface area contributed by atoms with Crippen LogP contribution in [0, 0.1) is 5.82 Å². The maximum Gasteiger partial charge on any atom is 0.416 e. The Balaban J connectivity index is 1.27. The zero-order valence-corrected chi connectivity index (χ0v) is 20.8. The standard InChI is InChI=1S/C23H17F4N9O3S/c24-14-2-1-11(23(25,26)27)5-15(14)34-20(37)35-21-30-9-18(40-21)16-6-17(13-8-32-36-19(13)33-16)39-22(38)29-4-3-12-7-28-10-31-12/h1-2,5-10H,3-4H2,(H,28,31)(H,29,38)(H,32,33,36)(H2,30,34,35,37). The summed E-state index contributed by atoms with van der Waals surface area (Å²) in [6, 6.07) is 2.14. The number of aromatic amines is 2. The van der Waals surface area contributed by atoms with E-state index in [1.165, 1.54) is 24.8 Å². The summed E-state index contributed by atoms with van der Waals surface area (Å²) in [5.41, 5.74) is -0.289. The van der Waals surface area contributed by atoms with Gasteiger partial charge in [0, 0.05) is 37.1 Å². The van der Waals surface area contributed by atoms with Crippen molar-refractivity contribution in [3.05, 3.63) is 66.3 Å². The average molecular weight is 576 g/mol. The number of ether oxygens (including phenoxy) is 1. The number of rotatable bonds is 7. The minimum Gasteiger partial charge on any atom is -0.409 e. The van der Waals surface area contributed by atoms with Crippen molar-refractivity contribution in [2.75, 3.05) is 17.2 Å². The Bertz CT molecular complexity index is 1670. The fraction of sp³-hybridized carbons (Fsp3) is 0.130. The van der Waals surface area contributed by atoms with E-state index in [0.29, 0.717) is 52.8 Å². The van der Waals surface area contributed by atoms with Gasteiger partial charge < -0.3 is 20.4 Å². The predicted octanol–water partition coefficient (Wildman–Crippen LogP) is 4.94. The lowest BCUT2D eigenvalue weighted by Crippen LogP contribution is -2.28. The van der Waals surface area contributed by atoms with Crippen LogP contribution < -0.4 is 20.7 Å². The van der Waals surface area contributed by atoms with E-state index < -0.39 is 35.4 Å². The van der Waals surface area contributed by atoms with E-state index in [9.17, 15) is 27.2 Å². The van der Waals surface area contributed by atoms with Crippen molar-refractivity contribution < 1.29 is 31.9 Å². The van der Waals surface area contributed by atoms with E-state index in [0.717, 1.165) is 17.0 Å². The van der Waals surface area contributed by atoms with Crippen LogP contribution in [0.3, 0.4) is 0 Å². The Kier molecular flexibility index (Phi) is 7.28. The molecule has 0 spiro atoms. The van der Waals surface area contributed by atoms with E-state index in [4.69, 9.17) is 4.74 Å². The lowest BCUT2D eigenvalue weighted by atomic mass is 10.2. The summed E-state index contributed by atoms with van der Waals surface area (Å²) in [6.45, 7) is 0.295. The Labute approximate surface area is 225 Å². The molecule has 0 radical (unpaired) electrons. The van der Waals surface area contributed by atoms with Crippen LogP contribution in [-0.4, -0.2) is 48.8 Å². The first kappa shape index (κ1) is 26.5. The number of pyridine rings is 1. The number of thiazole rings is 1. The summed E-state index contributed by atoms with van der Waals surface area (Å²) in [7, 11) is 0. The number of halogens is 4. The van der Waals surface area contributed by atoms with Gasteiger partial charge in [0.15, 0.2) is 10.8 Å². The van der Waals surface area contributed by atoms with Gasteiger partial charge in [-0.1, -0.05) is 11.3 Å². The van der Waals surface area contributed by atoms with Crippen molar-refractivity contribution in [2.45, 2.75) is 12.6 Å². The van der Waals surface area contributed by atoms with Crippen molar-refractivity contribution in [2.24, 2.45) is 0 Å². The molecule has 0 fully saturated rings. The summed E-state index contributed by atoms with van der Waals surface area (Å²) in [4.78, 5) is 40.4. The molecular formula is C23H17F4N9O3S. The van der Waals surface area contributed by atoms with Gasteiger partial charge in [-0.2, -0.15) is 18.3 Å². The Morgan fingerprint density at radius 1 is 1.10 bits per heavy atom. The van der Waals surface area contributed by atoms with Crippen LogP contribution in [0.2, 0.25) is 0 Å². The maximum absolute atomic E-state index is 14.0. The highest BCUT2D eigenvalue weighted by Gasteiger charge is 2.31. The monoisotopic (exact) mass is 575 g/mol. The molecule has 0 bridgehead atoms. The second-order valence-electron chi connectivity index (χ2n) is 8.08. The number of imidazole rings is 1. The van der Waals surface area contributed by atoms with Gasteiger partial charge in [0.25, 0.3) is 0 Å². The molecule has 5 N–H and O–H groups in total. The second kappa shape index (κ2) is 11.0. The number of aromatic nitrogens is 6. The zero-order chi connectivity index (χ0) is 28.3. The summed E-state index contributed by atoms with van der Waals surface area (Å²) >= 11 is 0.968. The second-order valence-corrected chi connectivity index (χ2v) is 9.11. The summed E-state index contributed by atoms with van der Waals surface area (Å²) in [5.74, 6) is -0.883. The third-order valence-electron chi connectivity index (χ3n) is 5.33. The molecule has 0 atom stereocenters. The number of urea groups is 1. The molecule has 0 saturated heterocycles. The molecule has 0 aliphatic heterocycles. The molecule has 206 valence electrons. The molecule has 0 saturated carbocycles. The van der Waals surface area contributed by atoms with Gasteiger partial charge in [-0.05, 0) is 18.2 Å². The van der Waals surface area contributed by atoms with E-state index >= 15 is 0 Å². The number of hydrogen-bond donors (Lipinski definition) is 5. The number of benzene rings is 1. The van der Waals surface area contributed by atoms with Gasteiger partial charge in [-0.3, -0.25) is 10.4 Å². The van der Waals surface area contributed by atoms with Crippen molar-refractivity contribution >= 4 is 45.3 Å². The Hall–Kier alpha value is -5.06. The molecule has 0 aliphatic rings. The van der Waals surface area contributed by atoms with E-state index in [1.807, 2.05) is 5.32 Å². The molecule has 0 aliphatic carbocycles. The van der Waals surface area contributed by atoms with E-state index in [2.05, 4.69) is 40.8 Å². The number of carbonyl (C=O) groups is 2. The maximum atomic E-state index is 14.0.